The molecule has 0 aromatic heterocycles. The van der Waals surface area contributed by atoms with Gasteiger partial charge >= 0.3 is 0 Å². The second-order valence-electron chi connectivity index (χ2n) is 4.83. The fourth-order valence-corrected chi connectivity index (χ4v) is 1.80. The van der Waals surface area contributed by atoms with Crippen molar-refractivity contribution in [2.45, 2.75) is 33.0 Å². The van der Waals surface area contributed by atoms with Crippen molar-refractivity contribution in [3.05, 3.63) is 29.8 Å². The predicted octanol–water partition coefficient (Wildman–Crippen LogP) is 2.09. The first-order valence-corrected chi connectivity index (χ1v) is 7.25. The van der Waals surface area contributed by atoms with Crippen LogP contribution >= 0.6 is 12.2 Å². The van der Waals surface area contributed by atoms with Crippen LogP contribution in [0.5, 0.6) is 0 Å². The Kier molecular flexibility index (Phi) is 7.28. The summed E-state index contributed by atoms with van der Waals surface area (Å²) in [5.41, 5.74) is 6.85. The largest absolute Gasteiger partial charge is 0.389 e. The lowest BCUT2D eigenvalue weighted by molar-refractivity contribution is -0.127. The Morgan fingerprint density at radius 2 is 1.86 bits per heavy atom. The molecule has 0 aliphatic rings. The van der Waals surface area contributed by atoms with Gasteiger partial charge in [-0.1, -0.05) is 24.4 Å². The molecule has 0 aliphatic heterocycles. The average molecular weight is 310 g/mol. The summed E-state index contributed by atoms with van der Waals surface area (Å²) >= 11 is 4.96. The number of nitrogens with two attached hydrogens (primary N) is 1. The molecule has 21 heavy (non-hydrogen) atoms. The van der Waals surface area contributed by atoms with Gasteiger partial charge in [0.2, 0.25) is 0 Å². The molecule has 116 valence electrons. The zero-order valence-electron chi connectivity index (χ0n) is 12.6. The van der Waals surface area contributed by atoms with Crippen LogP contribution in [-0.4, -0.2) is 36.3 Å². The van der Waals surface area contributed by atoms with Crippen molar-refractivity contribution in [1.82, 2.24) is 0 Å². The van der Waals surface area contributed by atoms with Crippen molar-refractivity contribution in [3.8, 4) is 0 Å². The van der Waals surface area contributed by atoms with Crippen LogP contribution in [0.3, 0.4) is 0 Å². The van der Waals surface area contributed by atoms with Crippen molar-refractivity contribution >= 4 is 28.8 Å². The number of amides is 1. The van der Waals surface area contributed by atoms with E-state index in [0.717, 1.165) is 0 Å². The number of anilines is 1. The van der Waals surface area contributed by atoms with Crippen LogP contribution < -0.4 is 11.1 Å². The third-order valence-electron chi connectivity index (χ3n) is 2.72. The minimum atomic E-state index is -0.583. The van der Waals surface area contributed by atoms with E-state index < -0.39 is 6.10 Å². The molecule has 1 atom stereocenters. The van der Waals surface area contributed by atoms with Gasteiger partial charge in [-0.25, -0.2) is 0 Å². The fraction of sp³-hybridized carbons (Fsp3) is 0.467. The Morgan fingerprint density at radius 1 is 1.24 bits per heavy atom. The Morgan fingerprint density at radius 3 is 2.48 bits per heavy atom. The Hall–Kier alpha value is -1.50. The molecule has 1 amide bonds. The van der Waals surface area contributed by atoms with Crippen molar-refractivity contribution in [1.29, 1.82) is 0 Å². The number of para-hydroxylation sites is 1. The lowest BCUT2D eigenvalue weighted by atomic mass is 10.1. The summed E-state index contributed by atoms with van der Waals surface area (Å²) in [4.78, 5) is 12.3. The zero-order valence-corrected chi connectivity index (χ0v) is 13.4. The maximum absolute atomic E-state index is 12.1. The van der Waals surface area contributed by atoms with Crippen molar-refractivity contribution < 1.29 is 14.3 Å². The molecule has 3 N–H and O–H groups in total. The van der Waals surface area contributed by atoms with Crippen LogP contribution in [0, 0.1) is 0 Å². The highest BCUT2D eigenvalue weighted by Crippen LogP contribution is 2.15. The summed E-state index contributed by atoms with van der Waals surface area (Å²) in [5, 5.41) is 2.77. The molecule has 0 spiro atoms. The SMILES string of the molecule is CC(C)OCCOC(C)C(=O)Nc1ccccc1C(N)=S. The standard InChI is InChI=1S/C15H22N2O3S/c1-10(2)19-8-9-20-11(3)15(18)17-13-7-5-4-6-12(13)14(16)21/h4-7,10-11H,8-9H2,1-3H3,(H2,16,21)(H,17,18). The van der Waals surface area contributed by atoms with E-state index in [1.165, 1.54) is 0 Å². The molecule has 0 heterocycles. The lowest BCUT2D eigenvalue weighted by Gasteiger charge is -2.15. The quantitative estimate of drug-likeness (QED) is 0.568. The first-order chi connectivity index (χ1) is 9.91. The summed E-state index contributed by atoms with van der Waals surface area (Å²) in [5.74, 6) is -0.247. The second kappa shape index (κ2) is 8.71. The van der Waals surface area contributed by atoms with Crippen molar-refractivity contribution in [3.63, 3.8) is 0 Å². The van der Waals surface area contributed by atoms with Crippen LogP contribution in [-0.2, 0) is 14.3 Å². The van der Waals surface area contributed by atoms with Gasteiger partial charge in [-0.15, -0.1) is 0 Å². The summed E-state index contributed by atoms with van der Waals surface area (Å²) in [6, 6.07) is 7.13. The monoisotopic (exact) mass is 310 g/mol. The highest BCUT2D eigenvalue weighted by molar-refractivity contribution is 7.80. The van der Waals surface area contributed by atoms with Gasteiger partial charge in [0.05, 0.1) is 25.0 Å². The van der Waals surface area contributed by atoms with Gasteiger partial charge in [0, 0.05) is 5.56 Å². The van der Waals surface area contributed by atoms with Crippen molar-refractivity contribution in [2.24, 2.45) is 5.73 Å². The Balaban J connectivity index is 2.51. The fourth-order valence-electron chi connectivity index (χ4n) is 1.63. The first-order valence-electron chi connectivity index (χ1n) is 6.84. The van der Waals surface area contributed by atoms with E-state index in [9.17, 15) is 4.79 Å². The maximum atomic E-state index is 12.1. The summed E-state index contributed by atoms with van der Waals surface area (Å²) in [6.45, 7) is 6.40. The number of nitrogens with one attached hydrogen (secondary N) is 1. The minimum Gasteiger partial charge on any atom is -0.389 e. The smallest absolute Gasteiger partial charge is 0.253 e. The summed E-state index contributed by atoms with van der Waals surface area (Å²) in [7, 11) is 0. The highest BCUT2D eigenvalue weighted by Gasteiger charge is 2.15. The van der Waals surface area contributed by atoms with Crippen molar-refractivity contribution in [2.75, 3.05) is 18.5 Å². The van der Waals surface area contributed by atoms with Crippen LogP contribution in [0.4, 0.5) is 5.69 Å². The molecular weight excluding hydrogens is 288 g/mol. The molecule has 0 saturated heterocycles. The van der Waals surface area contributed by atoms with Gasteiger partial charge in [0.15, 0.2) is 0 Å². The summed E-state index contributed by atoms with van der Waals surface area (Å²) in [6.07, 6.45) is -0.435. The summed E-state index contributed by atoms with van der Waals surface area (Å²) < 4.78 is 10.8. The molecule has 5 nitrogen and oxygen atoms in total. The van der Waals surface area contributed by atoms with Gasteiger partial charge in [0.1, 0.15) is 11.1 Å². The number of ether oxygens (including phenoxy) is 2. The van der Waals surface area contributed by atoms with E-state index in [4.69, 9.17) is 27.4 Å². The number of carbonyl (C=O) groups excluding carboxylic acids is 1. The third-order valence-corrected chi connectivity index (χ3v) is 2.94. The second-order valence-corrected chi connectivity index (χ2v) is 5.27. The van der Waals surface area contributed by atoms with E-state index in [2.05, 4.69) is 5.32 Å². The van der Waals surface area contributed by atoms with Gasteiger partial charge in [0.25, 0.3) is 5.91 Å². The van der Waals surface area contributed by atoms with Crippen LogP contribution in [0.25, 0.3) is 0 Å². The number of benzene rings is 1. The topological polar surface area (TPSA) is 73.6 Å². The highest BCUT2D eigenvalue weighted by atomic mass is 32.1. The van der Waals surface area contributed by atoms with Crippen LogP contribution in [0.1, 0.15) is 26.3 Å². The van der Waals surface area contributed by atoms with Gasteiger partial charge in [-0.2, -0.15) is 0 Å². The number of carbonyl (C=O) groups is 1. The molecule has 1 aromatic carbocycles. The Bertz CT molecular complexity index is 492. The van der Waals surface area contributed by atoms with Gasteiger partial charge in [-0.3, -0.25) is 4.79 Å². The number of hydrogen-bond donors (Lipinski definition) is 2. The van der Waals surface area contributed by atoms with E-state index in [1.807, 2.05) is 19.9 Å². The van der Waals surface area contributed by atoms with Crippen LogP contribution in [0.2, 0.25) is 0 Å². The molecule has 0 aliphatic carbocycles. The molecule has 0 bridgehead atoms. The first kappa shape index (κ1) is 17.6. The zero-order chi connectivity index (χ0) is 15.8. The molecular formula is C15H22N2O3S. The average Bonchev–Trinajstić information content (AvgIpc) is 2.43. The maximum Gasteiger partial charge on any atom is 0.253 e. The van der Waals surface area contributed by atoms with E-state index in [-0.39, 0.29) is 17.0 Å². The van der Waals surface area contributed by atoms with Crippen LogP contribution in [0.15, 0.2) is 24.3 Å². The van der Waals surface area contributed by atoms with Gasteiger partial charge in [-0.05, 0) is 32.9 Å². The normalized spacial score (nSPS) is 12.2. The lowest BCUT2D eigenvalue weighted by Crippen LogP contribution is -2.30. The van der Waals surface area contributed by atoms with E-state index in [1.54, 1.807) is 25.1 Å². The molecule has 0 fully saturated rings. The molecule has 1 unspecified atom stereocenters. The Labute approximate surface area is 130 Å². The third kappa shape index (κ3) is 6.20. The molecule has 1 rings (SSSR count). The number of hydrogen-bond acceptors (Lipinski definition) is 4. The molecule has 0 radical (unpaired) electrons. The number of thiocarbonyl (C=S) groups is 1. The predicted molar refractivity (Wildman–Crippen MR) is 87.5 cm³/mol. The molecule has 6 heteroatoms. The minimum absolute atomic E-state index is 0.148. The van der Waals surface area contributed by atoms with E-state index in [0.29, 0.717) is 24.5 Å². The van der Waals surface area contributed by atoms with E-state index >= 15 is 0 Å². The molecule has 1 aromatic rings. The molecule has 0 saturated carbocycles. The van der Waals surface area contributed by atoms with Gasteiger partial charge < -0.3 is 20.5 Å². The number of rotatable bonds is 8.